The molecule has 1 heterocycles. The van der Waals surface area contributed by atoms with Crippen molar-refractivity contribution < 1.29 is 19.3 Å². The summed E-state index contributed by atoms with van der Waals surface area (Å²) >= 11 is 0. The molecule has 1 aliphatic heterocycles. The first-order valence-electron chi connectivity index (χ1n) is 5.92. The van der Waals surface area contributed by atoms with Gasteiger partial charge in [-0.05, 0) is 37.0 Å². The molecule has 4 heteroatoms. The quantitative estimate of drug-likeness (QED) is 0.776. The van der Waals surface area contributed by atoms with Crippen LogP contribution in [0.3, 0.4) is 0 Å². The average Bonchev–Trinajstić information content (AvgIpc) is 2.63. The van der Waals surface area contributed by atoms with Gasteiger partial charge in [0.1, 0.15) is 23.8 Å². The Kier molecular flexibility index (Phi) is 3.97. The molecule has 3 nitrogen and oxygen atoms in total. The van der Waals surface area contributed by atoms with E-state index in [4.69, 9.17) is 9.84 Å². The topological polar surface area (TPSA) is 49.7 Å². The normalized spacial score (nSPS) is 26.5. The van der Waals surface area contributed by atoms with Gasteiger partial charge in [-0.2, -0.15) is 0 Å². The van der Waals surface area contributed by atoms with E-state index in [9.17, 15) is 9.50 Å². The van der Waals surface area contributed by atoms with Crippen LogP contribution in [0.5, 0.6) is 0 Å². The maximum atomic E-state index is 13.1. The van der Waals surface area contributed by atoms with Crippen LogP contribution < -0.4 is 0 Å². The molecule has 0 amide bonds. The molecule has 2 unspecified atom stereocenters. The molecule has 2 aliphatic rings. The van der Waals surface area contributed by atoms with Crippen molar-refractivity contribution in [2.24, 2.45) is 0 Å². The third kappa shape index (κ3) is 2.96. The van der Waals surface area contributed by atoms with Gasteiger partial charge in [0, 0.05) is 6.42 Å². The van der Waals surface area contributed by atoms with Gasteiger partial charge in [0.05, 0.1) is 6.61 Å². The SMILES string of the molecule is OCC(O)C1CCCC2=CCC(F)=CC=C2O1. The van der Waals surface area contributed by atoms with E-state index in [1.165, 1.54) is 6.08 Å². The molecule has 0 bridgehead atoms. The Hall–Kier alpha value is -1.13. The summed E-state index contributed by atoms with van der Waals surface area (Å²) in [6.45, 7) is -0.318. The Balaban J connectivity index is 2.18. The van der Waals surface area contributed by atoms with Crippen molar-refractivity contribution in [1.82, 2.24) is 0 Å². The monoisotopic (exact) mass is 240 g/mol. The van der Waals surface area contributed by atoms with Crippen LogP contribution in [0, 0.1) is 0 Å². The number of fused-ring (bicyclic) bond motifs is 1. The van der Waals surface area contributed by atoms with Gasteiger partial charge in [-0.15, -0.1) is 0 Å². The summed E-state index contributed by atoms with van der Waals surface area (Å²) in [5.41, 5.74) is 0.988. The standard InChI is InChI=1S/C13H17FO3/c14-10-5-4-9-2-1-3-13(11(16)8-15)17-12(9)7-6-10/h4,6-7,11,13,15-16H,1-3,5,8H2. The molecule has 0 aromatic carbocycles. The van der Waals surface area contributed by atoms with E-state index in [1.54, 1.807) is 6.08 Å². The minimum absolute atomic E-state index is 0.194. The van der Waals surface area contributed by atoms with Gasteiger partial charge < -0.3 is 14.9 Å². The Morgan fingerprint density at radius 1 is 1.47 bits per heavy atom. The van der Waals surface area contributed by atoms with Crippen LogP contribution >= 0.6 is 0 Å². The Labute approximate surface area is 99.9 Å². The first kappa shape index (κ1) is 12.3. The summed E-state index contributed by atoms with van der Waals surface area (Å²) in [5, 5.41) is 18.5. The molecule has 0 aromatic heterocycles. The zero-order valence-corrected chi connectivity index (χ0v) is 9.60. The molecule has 0 aromatic rings. The maximum Gasteiger partial charge on any atom is 0.127 e. The Morgan fingerprint density at radius 3 is 3.06 bits per heavy atom. The highest BCUT2D eigenvalue weighted by molar-refractivity contribution is 5.34. The van der Waals surface area contributed by atoms with Crippen LogP contribution in [0.2, 0.25) is 0 Å². The highest BCUT2D eigenvalue weighted by Crippen LogP contribution is 2.30. The minimum Gasteiger partial charge on any atom is -0.487 e. The number of ether oxygens (including phenoxy) is 1. The average molecular weight is 240 g/mol. The van der Waals surface area contributed by atoms with E-state index < -0.39 is 12.2 Å². The fourth-order valence-corrected chi connectivity index (χ4v) is 2.11. The van der Waals surface area contributed by atoms with Gasteiger partial charge in [-0.3, -0.25) is 0 Å². The third-order valence-corrected chi connectivity index (χ3v) is 3.10. The van der Waals surface area contributed by atoms with Gasteiger partial charge in [0.25, 0.3) is 0 Å². The third-order valence-electron chi connectivity index (χ3n) is 3.10. The van der Waals surface area contributed by atoms with Crippen molar-refractivity contribution in [3.63, 3.8) is 0 Å². The summed E-state index contributed by atoms with van der Waals surface area (Å²) in [5.74, 6) is 0.425. The van der Waals surface area contributed by atoms with Crippen molar-refractivity contribution in [3.05, 3.63) is 35.4 Å². The van der Waals surface area contributed by atoms with Gasteiger partial charge in [0.2, 0.25) is 0 Å². The Bertz CT molecular complexity index is 371. The summed E-state index contributed by atoms with van der Waals surface area (Å²) in [4.78, 5) is 0. The molecule has 2 rings (SSSR count). The molecule has 0 saturated carbocycles. The molecule has 17 heavy (non-hydrogen) atoms. The fraction of sp³-hybridized carbons (Fsp3) is 0.538. The molecule has 1 saturated heterocycles. The lowest BCUT2D eigenvalue weighted by Gasteiger charge is -2.21. The molecule has 1 fully saturated rings. The van der Waals surface area contributed by atoms with E-state index in [0.717, 1.165) is 18.4 Å². The van der Waals surface area contributed by atoms with Crippen molar-refractivity contribution in [2.75, 3.05) is 6.61 Å². The van der Waals surface area contributed by atoms with Crippen molar-refractivity contribution >= 4 is 0 Å². The molecule has 1 aliphatic carbocycles. The first-order valence-corrected chi connectivity index (χ1v) is 5.92. The predicted molar refractivity (Wildman–Crippen MR) is 61.8 cm³/mol. The van der Waals surface area contributed by atoms with Crippen molar-refractivity contribution in [3.8, 4) is 0 Å². The molecule has 2 N–H and O–H groups in total. The van der Waals surface area contributed by atoms with E-state index in [-0.39, 0.29) is 12.4 Å². The lowest BCUT2D eigenvalue weighted by Crippen LogP contribution is -2.31. The highest BCUT2D eigenvalue weighted by Gasteiger charge is 2.25. The zero-order valence-electron chi connectivity index (χ0n) is 9.60. The largest absolute Gasteiger partial charge is 0.487 e. The second-order valence-electron chi connectivity index (χ2n) is 4.38. The number of aliphatic hydroxyl groups excluding tert-OH is 2. The molecular formula is C13H17FO3. The zero-order chi connectivity index (χ0) is 12.3. The predicted octanol–water partition coefficient (Wildman–Crippen LogP) is 1.98. The Morgan fingerprint density at radius 2 is 2.29 bits per heavy atom. The summed E-state index contributed by atoms with van der Waals surface area (Å²) in [6.07, 6.45) is 6.23. The minimum atomic E-state index is -0.882. The number of hydrogen-bond donors (Lipinski definition) is 2. The van der Waals surface area contributed by atoms with E-state index in [0.29, 0.717) is 18.6 Å². The van der Waals surface area contributed by atoms with E-state index >= 15 is 0 Å². The molecule has 0 spiro atoms. The number of hydrogen-bond acceptors (Lipinski definition) is 3. The van der Waals surface area contributed by atoms with Crippen LogP contribution in [0.25, 0.3) is 0 Å². The molecule has 0 radical (unpaired) electrons. The summed E-state index contributed by atoms with van der Waals surface area (Å²) in [6, 6.07) is 0. The molecule has 2 atom stereocenters. The van der Waals surface area contributed by atoms with E-state index in [2.05, 4.69) is 0 Å². The van der Waals surface area contributed by atoms with Crippen LogP contribution in [-0.2, 0) is 4.74 Å². The summed E-state index contributed by atoms with van der Waals surface area (Å²) in [7, 11) is 0. The lowest BCUT2D eigenvalue weighted by atomic mass is 10.0. The fourth-order valence-electron chi connectivity index (χ4n) is 2.11. The molecule has 94 valence electrons. The number of halogens is 1. The van der Waals surface area contributed by atoms with Gasteiger partial charge in [-0.25, -0.2) is 4.39 Å². The second-order valence-corrected chi connectivity index (χ2v) is 4.38. The number of allylic oxidation sites excluding steroid dienone is 5. The van der Waals surface area contributed by atoms with Gasteiger partial charge in [0.15, 0.2) is 0 Å². The lowest BCUT2D eigenvalue weighted by molar-refractivity contribution is -0.0298. The van der Waals surface area contributed by atoms with Crippen LogP contribution in [-0.4, -0.2) is 29.0 Å². The maximum absolute atomic E-state index is 13.1. The van der Waals surface area contributed by atoms with E-state index in [1.807, 2.05) is 6.08 Å². The van der Waals surface area contributed by atoms with Crippen molar-refractivity contribution in [2.45, 2.75) is 37.9 Å². The summed E-state index contributed by atoms with van der Waals surface area (Å²) < 4.78 is 18.8. The van der Waals surface area contributed by atoms with Crippen molar-refractivity contribution in [1.29, 1.82) is 0 Å². The van der Waals surface area contributed by atoms with Crippen LogP contribution in [0.4, 0.5) is 4.39 Å². The van der Waals surface area contributed by atoms with Gasteiger partial charge in [-0.1, -0.05) is 6.08 Å². The van der Waals surface area contributed by atoms with Gasteiger partial charge >= 0.3 is 0 Å². The highest BCUT2D eigenvalue weighted by atomic mass is 19.1. The first-order chi connectivity index (χ1) is 8.20. The molecular weight excluding hydrogens is 223 g/mol. The number of rotatable bonds is 2. The number of aliphatic hydroxyl groups is 2. The van der Waals surface area contributed by atoms with Crippen LogP contribution in [0.1, 0.15) is 25.7 Å². The second kappa shape index (κ2) is 5.47. The smallest absolute Gasteiger partial charge is 0.127 e. The van der Waals surface area contributed by atoms with Crippen LogP contribution in [0.15, 0.2) is 35.4 Å².